The predicted octanol–water partition coefficient (Wildman–Crippen LogP) is 6.61. The fourth-order valence-corrected chi connectivity index (χ4v) is 4.99. The van der Waals surface area contributed by atoms with E-state index in [0.717, 1.165) is 58.5 Å². The Morgan fingerprint density at radius 2 is 1.56 bits per heavy atom. The summed E-state index contributed by atoms with van der Waals surface area (Å²) in [6.45, 7) is 2.05. The second kappa shape index (κ2) is 8.15. The highest BCUT2D eigenvalue weighted by atomic mass is 79.9. The first-order chi connectivity index (χ1) is 15.8. The first-order valence-corrected chi connectivity index (χ1v) is 11.9. The molecule has 5 aromatic rings. The molecule has 2 aromatic heterocycles. The van der Waals surface area contributed by atoms with E-state index in [1.54, 1.807) is 0 Å². The first-order valence-electron chi connectivity index (χ1n) is 11.1. The molecule has 4 nitrogen and oxygen atoms in total. The average molecular weight is 483 g/mol. The highest BCUT2D eigenvalue weighted by Gasteiger charge is 2.23. The number of halogens is 1. The summed E-state index contributed by atoms with van der Waals surface area (Å²) in [6.07, 6.45) is 4.17. The van der Waals surface area contributed by atoms with Gasteiger partial charge in [0, 0.05) is 27.8 Å². The number of imidazole rings is 1. The maximum atomic E-state index is 5.10. The van der Waals surface area contributed by atoms with Crippen LogP contribution in [0.15, 0.2) is 83.5 Å². The van der Waals surface area contributed by atoms with Crippen LogP contribution in [0.1, 0.15) is 18.9 Å². The van der Waals surface area contributed by atoms with Gasteiger partial charge in [-0.05, 0) is 66.5 Å². The van der Waals surface area contributed by atoms with Crippen molar-refractivity contribution >= 4 is 37.9 Å². The Balaban J connectivity index is 1.51. The number of rotatable bonds is 3. The van der Waals surface area contributed by atoms with Crippen molar-refractivity contribution in [3.63, 3.8) is 0 Å². The van der Waals surface area contributed by atoms with Gasteiger partial charge in [-0.15, -0.1) is 0 Å². The van der Waals surface area contributed by atoms with E-state index in [9.17, 15) is 0 Å². The van der Waals surface area contributed by atoms with Crippen LogP contribution in [0.2, 0.25) is 0 Å². The van der Waals surface area contributed by atoms with Gasteiger partial charge in [-0.3, -0.25) is 0 Å². The Morgan fingerprint density at radius 3 is 2.38 bits per heavy atom. The van der Waals surface area contributed by atoms with Crippen LogP contribution in [0.25, 0.3) is 44.5 Å². The molecular formula is C27H23BrN4. The number of fused-ring (bicyclic) bond motifs is 2. The molecule has 0 bridgehead atoms. The Labute approximate surface area is 195 Å². The van der Waals surface area contributed by atoms with Crippen LogP contribution in [0.5, 0.6) is 0 Å². The second-order valence-corrected chi connectivity index (χ2v) is 9.34. The van der Waals surface area contributed by atoms with E-state index in [1.165, 1.54) is 16.3 Å². The fourth-order valence-electron chi connectivity index (χ4n) is 4.72. The topological polar surface area (TPSA) is 42.7 Å². The number of nitrogens with zero attached hydrogens (tertiary/aromatic N) is 3. The maximum absolute atomic E-state index is 5.10. The van der Waals surface area contributed by atoms with Gasteiger partial charge in [-0.2, -0.15) is 0 Å². The van der Waals surface area contributed by atoms with E-state index < -0.39 is 0 Å². The molecule has 0 amide bonds. The molecule has 1 aliphatic rings. The van der Waals surface area contributed by atoms with Crippen LogP contribution in [-0.2, 0) is 0 Å². The SMILES string of the molecule is Brc1ccc(-c2nc3cc(-c4ccc5ccccc5c4)cnc3n2C2CCNCC2)cc1. The van der Waals surface area contributed by atoms with Gasteiger partial charge in [0.05, 0.1) is 0 Å². The highest BCUT2D eigenvalue weighted by molar-refractivity contribution is 9.10. The summed E-state index contributed by atoms with van der Waals surface area (Å²) in [5, 5.41) is 5.96. The molecule has 0 unspecified atom stereocenters. The fraction of sp³-hybridized carbons (Fsp3) is 0.185. The van der Waals surface area contributed by atoms with Gasteiger partial charge >= 0.3 is 0 Å². The van der Waals surface area contributed by atoms with E-state index in [1.807, 2.05) is 6.20 Å². The third kappa shape index (κ3) is 3.51. The van der Waals surface area contributed by atoms with Crippen molar-refractivity contribution in [3.8, 4) is 22.5 Å². The quantitative estimate of drug-likeness (QED) is 0.314. The van der Waals surface area contributed by atoms with Crippen molar-refractivity contribution in [2.24, 2.45) is 0 Å². The summed E-state index contributed by atoms with van der Waals surface area (Å²) in [5.41, 5.74) is 5.31. The molecule has 0 radical (unpaired) electrons. The molecule has 32 heavy (non-hydrogen) atoms. The van der Waals surface area contributed by atoms with Gasteiger partial charge in [0.25, 0.3) is 0 Å². The van der Waals surface area contributed by atoms with Crippen molar-refractivity contribution in [1.82, 2.24) is 19.9 Å². The summed E-state index contributed by atoms with van der Waals surface area (Å²) in [5.74, 6) is 1.00. The lowest BCUT2D eigenvalue weighted by Gasteiger charge is -2.26. The molecule has 0 saturated carbocycles. The molecule has 1 aliphatic heterocycles. The Kier molecular flexibility index (Phi) is 5.01. The minimum atomic E-state index is 0.402. The molecule has 1 N–H and O–H groups in total. The van der Waals surface area contributed by atoms with E-state index in [4.69, 9.17) is 9.97 Å². The van der Waals surface area contributed by atoms with Crippen LogP contribution < -0.4 is 5.32 Å². The Bertz CT molecular complexity index is 1420. The van der Waals surface area contributed by atoms with Crippen LogP contribution in [0.4, 0.5) is 0 Å². The van der Waals surface area contributed by atoms with E-state index in [2.05, 4.69) is 98.6 Å². The average Bonchev–Trinajstić information content (AvgIpc) is 3.23. The number of aromatic nitrogens is 3. The zero-order valence-corrected chi connectivity index (χ0v) is 19.2. The smallest absolute Gasteiger partial charge is 0.160 e. The molecule has 6 rings (SSSR count). The third-order valence-electron chi connectivity index (χ3n) is 6.39. The monoisotopic (exact) mass is 482 g/mol. The molecule has 1 fully saturated rings. The number of piperidine rings is 1. The number of benzene rings is 3. The standard InChI is InChI=1S/C27H23BrN4/c28-23-9-7-19(8-10-23)26-31-25-16-22(21-6-5-18-3-1-2-4-20(18)15-21)17-30-27(25)32(26)24-11-13-29-14-12-24/h1-10,15-17,24,29H,11-14H2. The van der Waals surface area contributed by atoms with E-state index >= 15 is 0 Å². The molecular weight excluding hydrogens is 460 g/mol. The second-order valence-electron chi connectivity index (χ2n) is 8.42. The molecule has 0 spiro atoms. The lowest BCUT2D eigenvalue weighted by molar-refractivity contribution is 0.376. The van der Waals surface area contributed by atoms with Crippen LogP contribution in [-0.4, -0.2) is 27.6 Å². The van der Waals surface area contributed by atoms with Gasteiger partial charge in [-0.1, -0.05) is 64.5 Å². The molecule has 5 heteroatoms. The van der Waals surface area contributed by atoms with E-state index in [-0.39, 0.29) is 0 Å². The van der Waals surface area contributed by atoms with Crippen LogP contribution in [0.3, 0.4) is 0 Å². The minimum Gasteiger partial charge on any atom is -0.317 e. The lowest BCUT2D eigenvalue weighted by Crippen LogP contribution is -2.29. The van der Waals surface area contributed by atoms with Gasteiger partial charge in [0.15, 0.2) is 5.65 Å². The van der Waals surface area contributed by atoms with Gasteiger partial charge < -0.3 is 9.88 Å². The summed E-state index contributed by atoms with van der Waals surface area (Å²) in [7, 11) is 0. The maximum Gasteiger partial charge on any atom is 0.160 e. The molecule has 0 aliphatic carbocycles. The number of hydrogen-bond donors (Lipinski definition) is 1. The van der Waals surface area contributed by atoms with Gasteiger partial charge in [-0.25, -0.2) is 9.97 Å². The van der Waals surface area contributed by atoms with Crippen LogP contribution >= 0.6 is 15.9 Å². The Morgan fingerprint density at radius 1 is 0.812 bits per heavy atom. The lowest BCUT2D eigenvalue weighted by atomic mass is 10.0. The molecule has 3 heterocycles. The summed E-state index contributed by atoms with van der Waals surface area (Å²) in [4.78, 5) is 10.0. The van der Waals surface area contributed by atoms with Gasteiger partial charge in [0.2, 0.25) is 0 Å². The molecule has 158 valence electrons. The highest BCUT2D eigenvalue weighted by Crippen LogP contribution is 2.34. The summed E-state index contributed by atoms with van der Waals surface area (Å²) >= 11 is 3.55. The molecule has 0 atom stereocenters. The minimum absolute atomic E-state index is 0.402. The first kappa shape index (κ1) is 19.6. The van der Waals surface area contributed by atoms with Crippen molar-refractivity contribution in [1.29, 1.82) is 0 Å². The molecule has 3 aromatic carbocycles. The zero-order valence-electron chi connectivity index (χ0n) is 17.6. The third-order valence-corrected chi connectivity index (χ3v) is 6.92. The van der Waals surface area contributed by atoms with E-state index in [0.29, 0.717) is 6.04 Å². The number of hydrogen-bond acceptors (Lipinski definition) is 3. The number of pyridine rings is 1. The van der Waals surface area contributed by atoms with Gasteiger partial charge in [0.1, 0.15) is 11.3 Å². The molecule has 1 saturated heterocycles. The summed E-state index contributed by atoms with van der Waals surface area (Å²) in [6, 6.07) is 26.0. The predicted molar refractivity (Wildman–Crippen MR) is 135 cm³/mol. The zero-order chi connectivity index (χ0) is 21.5. The van der Waals surface area contributed by atoms with Crippen molar-refractivity contribution in [2.75, 3.05) is 13.1 Å². The largest absolute Gasteiger partial charge is 0.317 e. The normalized spacial score (nSPS) is 14.9. The van der Waals surface area contributed by atoms with Crippen molar-refractivity contribution in [3.05, 3.63) is 83.5 Å². The van der Waals surface area contributed by atoms with Crippen LogP contribution in [0, 0.1) is 0 Å². The van der Waals surface area contributed by atoms with Crippen molar-refractivity contribution < 1.29 is 0 Å². The van der Waals surface area contributed by atoms with Crippen molar-refractivity contribution in [2.45, 2.75) is 18.9 Å². The Hall–Kier alpha value is -3.02. The summed E-state index contributed by atoms with van der Waals surface area (Å²) < 4.78 is 3.44. The number of nitrogens with one attached hydrogen (secondary N) is 1.